The predicted octanol–water partition coefficient (Wildman–Crippen LogP) is 10.5. The number of aromatic carboxylic acids is 1. The van der Waals surface area contributed by atoms with Gasteiger partial charge in [-0.2, -0.15) is 0 Å². The normalized spacial score (nSPS) is 10.7. The summed E-state index contributed by atoms with van der Waals surface area (Å²) in [5, 5.41) is 36.1. The quantitative estimate of drug-likeness (QED) is 0.110. The van der Waals surface area contributed by atoms with E-state index in [0.717, 1.165) is 38.9 Å². The zero-order valence-corrected chi connectivity index (χ0v) is 30.6. The minimum absolute atomic E-state index is 0.00922. The maximum absolute atomic E-state index is 11.0. The summed E-state index contributed by atoms with van der Waals surface area (Å²) in [4.78, 5) is 21.4. The molecular weight excluding hydrogens is 636 g/mol. The van der Waals surface area contributed by atoms with Crippen LogP contribution in [0.2, 0.25) is 0 Å². The van der Waals surface area contributed by atoms with E-state index in [1.54, 1.807) is 18.2 Å². The summed E-state index contributed by atoms with van der Waals surface area (Å²) in [7, 11) is 0. The van der Waals surface area contributed by atoms with Crippen LogP contribution in [0.3, 0.4) is 0 Å². The van der Waals surface area contributed by atoms with E-state index in [1.165, 1.54) is 16.7 Å². The molecule has 0 fully saturated rings. The molecule has 268 valence electrons. The molecular formula is C45H52O6. The highest BCUT2D eigenvalue weighted by molar-refractivity contribution is 5.89. The van der Waals surface area contributed by atoms with Crippen molar-refractivity contribution in [2.45, 2.75) is 85.4 Å². The smallest absolute Gasteiger partial charge is 0.335 e. The van der Waals surface area contributed by atoms with Crippen LogP contribution in [0, 0.1) is 0 Å². The van der Waals surface area contributed by atoms with Gasteiger partial charge in [0.05, 0.1) is 18.8 Å². The van der Waals surface area contributed by atoms with E-state index in [1.807, 2.05) is 48.5 Å². The summed E-state index contributed by atoms with van der Waals surface area (Å²) in [5.41, 5.74) is 11.1. The Bertz CT molecular complexity index is 1850. The molecule has 5 aromatic carbocycles. The summed E-state index contributed by atoms with van der Waals surface area (Å²) in [5.74, 6) is -0.178. The van der Waals surface area contributed by atoms with Crippen molar-refractivity contribution in [2.75, 3.05) is 0 Å². The number of aryl methyl sites for hydroxylation is 1. The van der Waals surface area contributed by atoms with Gasteiger partial charge < -0.3 is 20.4 Å². The van der Waals surface area contributed by atoms with Gasteiger partial charge in [-0.05, 0) is 104 Å². The summed E-state index contributed by atoms with van der Waals surface area (Å²) >= 11 is 0. The van der Waals surface area contributed by atoms with Gasteiger partial charge in [-0.3, -0.25) is 4.79 Å². The molecule has 0 saturated carbocycles. The first kappa shape index (κ1) is 40.4. The number of aliphatic carboxylic acids is 1. The Morgan fingerprint density at radius 3 is 1.37 bits per heavy atom. The van der Waals surface area contributed by atoms with Crippen molar-refractivity contribution in [2.24, 2.45) is 0 Å². The van der Waals surface area contributed by atoms with Crippen molar-refractivity contribution in [3.8, 4) is 22.3 Å². The van der Waals surface area contributed by atoms with Gasteiger partial charge in [0.1, 0.15) is 0 Å². The Kier molecular flexibility index (Phi) is 15.8. The van der Waals surface area contributed by atoms with E-state index < -0.39 is 11.9 Å². The van der Waals surface area contributed by atoms with E-state index in [0.29, 0.717) is 29.7 Å². The third kappa shape index (κ3) is 13.0. The van der Waals surface area contributed by atoms with E-state index >= 15 is 0 Å². The number of hydrogen-bond donors (Lipinski definition) is 4. The molecule has 0 saturated heterocycles. The average molecular weight is 689 g/mol. The lowest BCUT2D eigenvalue weighted by molar-refractivity contribution is -0.136. The highest BCUT2D eigenvalue weighted by atomic mass is 16.4. The first-order valence-corrected chi connectivity index (χ1v) is 17.5. The van der Waals surface area contributed by atoms with Crippen molar-refractivity contribution in [3.05, 3.63) is 154 Å². The molecule has 0 aliphatic heterocycles. The first-order valence-electron chi connectivity index (χ1n) is 17.5. The van der Waals surface area contributed by atoms with E-state index in [-0.39, 0.29) is 19.6 Å². The molecule has 0 spiro atoms. The fourth-order valence-electron chi connectivity index (χ4n) is 5.46. The van der Waals surface area contributed by atoms with Crippen molar-refractivity contribution >= 4 is 11.9 Å². The summed E-state index contributed by atoms with van der Waals surface area (Å²) in [6.07, 6.45) is 0.831. The lowest BCUT2D eigenvalue weighted by Crippen LogP contribution is -1.98. The van der Waals surface area contributed by atoms with E-state index in [2.05, 4.69) is 90.1 Å². The van der Waals surface area contributed by atoms with Gasteiger partial charge in [-0.1, -0.05) is 133 Å². The van der Waals surface area contributed by atoms with Gasteiger partial charge >= 0.3 is 11.9 Å². The van der Waals surface area contributed by atoms with Crippen LogP contribution in [0.25, 0.3) is 22.3 Å². The molecule has 0 atom stereocenters. The standard InChI is InChI=1S/C17H20O2.C16H16O2.C12H16O2/c1-12(2)15-4-3-5-16(9-15)17-7-13(10-18)6-14(8-17)11-19;1-11(2)12-5-3-6-13(9-12)14-7-4-8-15(10-14)16(17)18;1-9(2)11-5-3-4-10(8-11)6-7-12(13)14/h3-9,12,18-19H,10-11H2,1-2H3;3-11H,1-2H3,(H,17,18);3-5,8-9H,6-7H2,1-2H3,(H,13,14). The number of carbonyl (C=O) groups is 2. The number of carboxylic acids is 2. The van der Waals surface area contributed by atoms with Crippen LogP contribution in [0.15, 0.2) is 115 Å². The molecule has 5 rings (SSSR count). The molecule has 0 radical (unpaired) electrons. The lowest BCUT2D eigenvalue weighted by atomic mass is 9.95. The van der Waals surface area contributed by atoms with E-state index in [9.17, 15) is 19.8 Å². The van der Waals surface area contributed by atoms with Crippen LogP contribution in [0.1, 0.15) is 109 Å². The molecule has 6 heteroatoms. The van der Waals surface area contributed by atoms with Crippen molar-refractivity contribution in [3.63, 3.8) is 0 Å². The van der Waals surface area contributed by atoms with Crippen LogP contribution in [0.5, 0.6) is 0 Å². The van der Waals surface area contributed by atoms with Crippen molar-refractivity contribution < 1.29 is 30.0 Å². The van der Waals surface area contributed by atoms with Crippen LogP contribution < -0.4 is 0 Å². The van der Waals surface area contributed by atoms with Crippen LogP contribution >= 0.6 is 0 Å². The number of hydrogen-bond acceptors (Lipinski definition) is 4. The second-order valence-corrected chi connectivity index (χ2v) is 13.6. The fraction of sp³-hybridized carbons (Fsp3) is 0.289. The number of aliphatic hydroxyl groups excluding tert-OH is 2. The molecule has 0 amide bonds. The number of rotatable bonds is 11. The third-order valence-electron chi connectivity index (χ3n) is 8.55. The van der Waals surface area contributed by atoms with Gasteiger partial charge in [0.15, 0.2) is 0 Å². The highest BCUT2D eigenvalue weighted by Gasteiger charge is 2.08. The monoisotopic (exact) mass is 688 g/mol. The fourth-order valence-corrected chi connectivity index (χ4v) is 5.46. The minimum Gasteiger partial charge on any atom is -0.481 e. The van der Waals surface area contributed by atoms with Gasteiger partial charge in [-0.25, -0.2) is 4.79 Å². The Hall–Kier alpha value is -5.04. The SMILES string of the molecule is CC(C)c1cccc(-c2cc(CO)cc(CO)c2)c1.CC(C)c1cccc(-c2cccc(C(=O)O)c2)c1.CC(C)c1cccc(CCC(=O)O)c1. The Labute approximate surface area is 303 Å². The second-order valence-electron chi connectivity index (χ2n) is 13.6. The number of benzene rings is 5. The summed E-state index contributed by atoms with van der Waals surface area (Å²) in [6.45, 7) is 12.9. The van der Waals surface area contributed by atoms with E-state index in [4.69, 9.17) is 10.2 Å². The number of aliphatic hydroxyl groups is 2. The second kappa shape index (κ2) is 20.0. The van der Waals surface area contributed by atoms with Crippen molar-refractivity contribution in [1.29, 1.82) is 0 Å². The zero-order chi connectivity index (χ0) is 37.5. The highest BCUT2D eigenvalue weighted by Crippen LogP contribution is 2.27. The molecule has 51 heavy (non-hydrogen) atoms. The van der Waals surface area contributed by atoms with Crippen LogP contribution in [-0.2, 0) is 24.4 Å². The van der Waals surface area contributed by atoms with Gasteiger partial charge in [0.2, 0.25) is 0 Å². The van der Waals surface area contributed by atoms with Gasteiger partial charge in [-0.15, -0.1) is 0 Å². The molecule has 0 aliphatic rings. The Morgan fingerprint density at radius 1 is 0.490 bits per heavy atom. The van der Waals surface area contributed by atoms with Crippen molar-refractivity contribution in [1.82, 2.24) is 0 Å². The van der Waals surface area contributed by atoms with Gasteiger partial charge in [0, 0.05) is 6.42 Å². The Morgan fingerprint density at radius 2 is 0.922 bits per heavy atom. The average Bonchev–Trinajstić information content (AvgIpc) is 3.14. The van der Waals surface area contributed by atoms with Gasteiger partial charge in [0.25, 0.3) is 0 Å². The predicted molar refractivity (Wildman–Crippen MR) is 207 cm³/mol. The minimum atomic E-state index is -0.892. The molecule has 0 aromatic heterocycles. The number of carboxylic acid groups (broad SMARTS) is 2. The lowest BCUT2D eigenvalue weighted by Gasteiger charge is -2.11. The van der Waals surface area contributed by atoms with Crippen LogP contribution in [0.4, 0.5) is 0 Å². The molecule has 4 N–H and O–H groups in total. The first-order chi connectivity index (χ1) is 24.3. The summed E-state index contributed by atoms with van der Waals surface area (Å²) < 4.78 is 0. The Balaban J connectivity index is 0.000000209. The molecule has 0 bridgehead atoms. The molecule has 6 nitrogen and oxygen atoms in total. The zero-order valence-electron chi connectivity index (χ0n) is 30.6. The maximum Gasteiger partial charge on any atom is 0.335 e. The molecule has 5 aromatic rings. The maximum atomic E-state index is 11.0. The van der Waals surface area contributed by atoms with Crippen LogP contribution in [-0.4, -0.2) is 32.4 Å². The molecule has 0 aliphatic carbocycles. The molecule has 0 heterocycles. The summed E-state index contributed by atoms with van der Waals surface area (Å²) in [6, 6.07) is 37.6. The largest absolute Gasteiger partial charge is 0.481 e. The molecule has 0 unspecified atom stereocenters. The third-order valence-corrected chi connectivity index (χ3v) is 8.55. The topological polar surface area (TPSA) is 115 Å².